The Bertz CT molecular complexity index is 385. The Morgan fingerprint density at radius 3 is 2.88 bits per heavy atom. The molecule has 1 heterocycles. The second kappa shape index (κ2) is 6.54. The second-order valence-electron chi connectivity index (χ2n) is 3.44. The molecule has 94 valence electrons. The molecule has 0 saturated carbocycles. The third-order valence-corrected chi connectivity index (χ3v) is 2.56. The van der Waals surface area contributed by atoms with Gasteiger partial charge in [-0.05, 0) is 12.5 Å². The number of esters is 1. The number of ether oxygens (including phenoxy) is 1. The van der Waals surface area contributed by atoms with Crippen molar-refractivity contribution in [1.29, 1.82) is 0 Å². The van der Waals surface area contributed by atoms with E-state index in [-0.39, 0.29) is 23.4 Å². The first-order chi connectivity index (χ1) is 8.11. The van der Waals surface area contributed by atoms with Gasteiger partial charge in [-0.3, -0.25) is 4.98 Å². The zero-order valence-corrected chi connectivity index (χ0v) is 10.1. The number of carbonyl (C=O) groups excluding carboxylic acids is 1. The Balaban J connectivity index is 3.00. The fourth-order valence-electron chi connectivity index (χ4n) is 1.42. The summed E-state index contributed by atoms with van der Waals surface area (Å²) in [5.74, 6) is -0.369. The predicted octanol–water partition coefficient (Wildman–Crippen LogP) is 0.891. The number of aliphatic hydroxyl groups is 2. The molecule has 0 aromatic carbocycles. The topological polar surface area (TPSA) is 79.7 Å². The van der Waals surface area contributed by atoms with E-state index in [1.807, 2.05) is 0 Å². The van der Waals surface area contributed by atoms with Crippen molar-refractivity contribution in [3.8, 4) is 0 Å². The van der Waals surface area contributed by atoms with Gasteiger partial charge in [0.2, 0.25) is 0 Å². The van der Waals surface area contributed by atoms with Gasteiger partial charge in [-0.15, -0.1) is 11.6 Å². The molecule has 6 heteroatoms. The van der Waals surface area contributed by atoms with Gasteiger partial charge in [0, 0.05) is 23.8 Å². The van der Waals surface area contributed by atoms with Crippen LogP contribution in [0.25, 0.3) is 0 Å². The molecule has 0 aliphatic rings. The van der Waals surface area contributed by atoms with Crippen molar-refractivity contribution in [1.82, 2.24) is 4.98 Å². The summed E-state index contributed by atoms with van der Waals surface area (Å²) in [7, 11) is 1.24. The van der Waals surface area contributed by atoms with Gasteiger partial charge in [-0.25, -0.2) is 4.79 Å². The van der Waals surface area contributed by atoms with Gasteiger partial charge in [0.05, 0.1) is 18.8 Å². The van der Waals surface area contributed by atoms with Gasteiger partial charge in [-0.1, -0.05) is 0 Å². The van der Waals surface area contributed by atoms with Crippen molar-refractivity contribution in [3.05, 3.63) is 29.6 Å². The number of pyridine rings is 1. The fourth-order valence-corrected chi connectivity index (χ4v) is 1.64. The highest BCUT2D eigenvalue weighted by atomic mass is 35.5. The van der Waals surface area contributed by atoms with E-state index in [0.29, 0.717) is 0 Å². The Morgan fingerprint density at radius 1 is 1.59 bits per heavy atom. The monoisotopic (exact) mass is 259 g/mol. The van der Waals surface area contributed by atoms with Gasteiger partial charge in [0.25, 0.3) is 0 Å². The zero-order valence-electron chi connectivity index (χ0n) is 9.34. The number of hydrogen-bond donors (Lipinski definition) is 2. The van der Waals surface area contributed by atoms with Crippen LogP contribution >= 0.6 is 11.6 Å². The molecule has 0 spiro atoms. The first-order valence-corrected chi connectivity index (χ1v) is 5.59. The molecule has 0 radical (unpaired) electrons. The Hall–Kier alpha value is -1.17. The molecule has 1 rings (SSSR count). The van der Waals surface area contributed by atoms with Crippen LogP contribution in [0.4, 0.5) is 0 Å². The highest BCUT2D eigenvalue weighted by molar-refractivity contribution is 6.17. The van der Waals surface area contributed by atoms with Crippen LogP contribution in [-0.4, -0.2) is 40.3 Å². The standard InChI is InChI=1S/C11H14ClNO4/c1-17-11(16)7-3-5-13-6-8(7)10(15)9(14)2-4-12/h3,5-6,9-10,14-15H,2,4H2,1H3. The number of methoxy groups -OCH3 is 1. The Labute approximate surface area is 104 Å². The number of rotatable bonds is 5. The van der Waals surface area contributed by atoms with Crippen LogP contribution in [0.3, 0.4) is 0 Å². The molecule has 2 atom stereocenters. The molecule has 0 aliphatic heterocycles. The normalized spacial score (nSPS) is 14.1. The molecule has 1 aromatic heterocycles. The minimum absolute atomic E-state index is 0.184. The average Bonchev–Trinajstić information content (AvgIpc) is 2.37. The van der Waals surface area contributed by atoms with Crippen LogP contribution in [0.15, 0.2) is 18.5 Å². The highest BCUT2D eigenvalue weighted by Gasteiger charge is 2.23. The molecular formula is C11H14ClNO4. The largest absolute Gasteiger partial charge is 0.465 e. The lowest BCUT2D eigenvalue weighted by Gasteiger charge is -2.18. The van der Waals surface area contributed by atoms with E-state index in [4.69, 9.17) is 11.6 Å². The van der Waals surface area contributed by atoms with E-state index < -0.39 is 18.2 Å². The molecule has 0 bridgehead atoms. The number of aliphatic hydroxyl groups excluding tert-OH is 2. The van der Waals surface area contributed by atoms with Crippen molar-refractivity contribution >= 4 is 17.6 Å². The quantitative estimate of drug-likeness (QED) is 0.606. The smallest absolute Gasteiger partial charge is 0.338 e. The van der Waals surface area contributed by atoms with E-state index in [1.54, 1.807) is 0 Å². The predicted molar refractivity (Wildman–Crippen MR) is 61.9 cm³/mol. The molecule has 0 amide bonds. The maximum atomic E-state index is 11.5. The third kappa shape index (κ3) is 3.39. The molecule has 17 heavy (non-hydrogen) atoms. The Kier molecular flexibility index (Phi) is 5.34. The van der Waals surface area contributed by atoms with Gasteiger partial charge < -0.3 is 14.9 Å². The SMILES string of the molecule is COC(=O)c1ccncc1C(O)C(O)CCCl. The minimum atomic E-state index is -1.21. The second-order valence-corrected chi connectivity index (χ2v) is 3.82. The van der Waals surface area contributed by atoms with Gasteiger partial charge in [0.1, 0.15) is 6.10 Å². The lowest BCUT2D eigenvalue weighted by molar-refractivity contribution is 0.0155. The molecule has 0 aliphatic carbocycles. The van der Waals surface area contributed by atoms with Crippen LogP contribution in [0.1, 0.15) is 28.4 Å². The number of carbonyl (C=O) groups is 1. The highest BCUT2D eigenvalue weighted by Crippen LogP contribution is 2.22. The van der Waals surface area contributed by atoms with Crippen molar-refractivity contribution in [2.45, 2.75) is 18.6 Å². The number of alkyl halides is 1. The molecule has 5 nitrogen and oxygen atoms in total. The number of aromatic nitrogens is 1. The van der Waals surface area contributed by atoms with E-state index in [2.05, 4.69) is 9.72 Å². The molecule has 2 unspecified atom stereocenters. The average molecular weight is 260 g/mol. The van der Waals surface area contributed by atoms with Crippen molar-refractivity contribution < 1.29 is 19.7 Å². The van der Waals surface area contributed by atoms with Crippen LogP contribution in [-0.2, 0) is 4.74 Å². The molecule has 0 saturated heterocycles. The van der Waals surface area contributed by atoms with E-state index in [0.717, 1.165) is 0 Å². The number of hydrogen-bond acceptors (Lipinski definition) is 5. The Morgan fingerprint density at radius 2 is 2.29 bits per heavy atom. The van der Waals surface area contributed by atoms with E-state index in [9.17, 15) is 15.0 Å². The van der Waals surface area contributed by atoms with Crippen molar-refractivity contribution in [3.63, 3.8) is 0 Å². The molecule has 2 N–H and O–H groups in total. The summed E-state index contributed by atoms with van der Waals surface area (Å²) >= 11 is 5.48. The molecule has 0 fully saturated rings. The minimum Gasteiger partial charge on any atom is -0.465 e. The summed E-state index contributed by atoms with van der Waals surface area (Å²) in [5.41, 5.74) is 0.417. The van der Waals surface area contributed by atoms with Gasteiger partial charge in [-0.2, -0.15) is 0 Å². The maximum Gasteiger partial charge on any atom is 0.338 e. The summed E-state index contributed by atoms with van der Waals surface area (Å²) in [6.07, 6.45) is 0.708. The van der Waals surface area contributed by atoms with Crippen LogP contribution < -0.4 is 0 Å². The zero-order chi connectivity index (χ0) is 12.8. The summed E-state index contributed by atoms with van der Waals surface area (Å²) in [5, 5.41) is 19.5. The van der Waals surface area contributed by atoms with Gasteiger partial charge >= 0.3 is 5.97 Å². The van der Waals surface area contributed by atoms with E-state index in [1.165, 1.54) is 25.6 Å². The van der Waals surface area contributed by atoms with E-state index >= 15 is 0 Å². The number of halogens is 1. The first-order valence-electron chi connectivity index (χ1n) is 5.06. The molecule has 1 aromatic rings. The van der Waals surface area contributed by atoms with Gasteiger partial charge in [0.15, 0.2) is 0 Å². The lowest BCUT2D eigenvalue weighted by Crippen LogP contribution is -2.21. The maximum absolute atomic E-state index is 11.5. The van der Waals surface area contributed by atoms with Crippen molar-refractivity contribution in [2.75, 3.05) is 13.0 Å². The first kappa shape index (κ1) is 13.9. The summed E-state index contributed by atoms with van der Waals surface area (Å²) in [6, 6.07) is 1.43. The van der Waals surface area contributed by atoms with Crippen LogP contribution in [0.2, 0.25) is 0 Å². The fraction of sp³-hybridized carbons (Fsp3) is 0.455. The van der Waals surface area contributed by atoms with Crippen molar-refractivity contribution in [2.24, 2.45) is 0 Å². The summed E-state index contributed by atoms with van der Waals surface area (Å²) < 4.78 is 4.58. The van der Waals surface area contributed by atoms with Crippen LogP contribution in [0, 0.1) is 0 Å². The number of nitrogens with zero attached hydrogens (tertiary/aromatic N) is 1. The lowest BCUT2D eigenvalue weighted by atomic mass is 9.99. The summed E-state index contributed by atoms with van der Waals surface area (Å²) in [4.78, 5) is 15.3. The summed E-state index contributed by atoms with van der Waals surface area (Å²) in [6.45, 7) is 0. The third-order valence-electron chi connectivity index (χ3n) is 2.35. The molecular weight excluding hydrogens is 246 g/mol. The van der Waals surface area contributed by atoms with Crippen LogP contribution in [0.5, 0.6) is 0 Å².